The highest BCUT2D eigenvalue weighted by atomic mass is 16.5. The van der Waals surface area contributed by atoms with Crippen molar-refractivity contribution < 1.29 is 19.1 Å². The zero-order chi connectivity index (χ0) is 22.2. The lowest BCUT2D eigenvalue weighted by Crippen LogP contribution is -2.23. The van der Waals surface area contributed by atoms with Crippen molar-refractivity contribution in [1.82, 2.24) is 4.98 Å². The number of carbonyl (C=O) groups is 3. The van der Waals surface area contributed by atoms with Crippen LogP contribution in [0.15, 0.2) is 66.9 Å². The molecule has 2 aromatic carbocycles. The summed E-state index contributed by atoms with van der Waals surface area (Å²) in [5.74, 6) is -1.01. The maximum absolute atomic E-state index is 12.6. The fraction of sp³-hybridized carbons (Fsp3) is 0.200. The molecular weight excluding hydrogens is 392 g/mol. The lowest BCUT2D eigenvalue weighted by Gasteiger charge is -2.11. The molecule has 0 aliphatic heterocycles. The van der Waals surface area contributed by atoms with Crippen LogP contribution in [0, 0.1) is 0 Å². The number of carbonyl (C=O) groups excluding carboxylic acids is 3. The lowest BCUT2D eigenvalue weighted by molar-refractivity contribution is -0.140. The minimum absolute atomic E-state index is 0.0722. The molecular formula is C25H24N2O4. The Balaban J connectivity index is 1.60. The lowest BCUT2D eigenvalue weighted by atomic mass is 10.1. The number of hydrogen-bond acceptors (Lipinski definition) is 5. The van der Waals surface area contributed by atoms with E-state index in [4.69, 9.17) is 4.74 Å². The topological polar surface area (TPSA) is 85.4 Å². The van der Waals surface area contributed by atoms with Gasteiger partial charge < -0.3 is 10.1 Å². The van der Waals surface area contributed by atoms with E-state index in [1.807, 2.05) is 37.3 Å². The number of hydrogen-bond donors (Lipinski definition) is 1. The van der Waals surface area contributed by atoms with Crippen LogP contribution in [0.4, 0.5) is 5.69 Å². The van der Waals surface area contributed by atoms with E-state index in [0.717, 1.165) is 22.9 Å². The number of benzene rings is 2. The van der Waals surface area contributed by atoms with E-state index in [0.29, 0.717) is 17.7 Å². The Morgan fingerprint density at radius 1 is 1.06 bits per heavy atom. The number of aromatic nitrogens is 1. The summed E-state index contributed by atoms with van der Waals surface area (Å²) in [6, 6.07) is 16.0. The highest BCUT2D eigenvalue weighted by molar-refractivity contribution is 6.02. The molecule has 6 nitrogen and oxygen atoms in total. The second-order valence-electron chi connectivity index (χ2n) is 7.07. The highest BCUT2D eigenvalue weighted by Crippen LogP contribution is 2.17. The van der Waals surface area contributed by atoms with Crippen LogP contribution in [0.5, 0.6) is 0 Å². The van der Waals surface area contributed by atoms with Gasteiger partial charge in [-0.25, -0.2) is 4.79 Å². The molecule has 3 rings (SSSR count). The maximum atomic E-state index is 12.6. The first kappa shape index (κ1) is 21.9. The second kappa shape index (κ2) is 10.3. The summed E-state index contributed by atoms with van der Waals surface area (Å²) in [4.78, 5) is 40.8. The molecule has 158 valence electrons. The minimum Gasteiger partial charge on any atom is -0.451 e. The number of anilines is 1. The van der Waals surface area contributed by atoms with Gasteiger partial charge in [-0.1, -0.05) is 31.2 Å². The Hall–Kier alpha value is -3.80. The van der Waals surface area contributed by atoms with Crippen molar-refractivity contribution in [2.45, 2.75) is 32.8 Å². The van der Waals surface area contributed by atoms with E-state index >= 15 is 0 Å². The van der Waals surface area contributed by atoms with Crippen LogP contribution in [-0.4, -0.2) is 28.7 Å². The van der Waals surface area contributed by atoms with Gasteiger partial charge in [0.15, 0.2) is 6.10 Å². The summed E-state index contributed by atoms with van der Waals surface area (Å²) in [6.07, 6.45) is 4.87. The number of rotatable bonds is 8. The summed E-state index contributed by atoms with van der Waals surface area (Å²) < 4.78 is 5.26. The van der Waals surface area contributed by atoms with Crippen LogP contribution in [0.3, 0.4) is 0 Å². The van der Waals surface area contributed by atoms with Gasteiger partial charge in [-0.3, -0.25) is 14.6 Å². The summed E-state index contributed by atoms with van der Waals surface area (Å²) >= 11 is 0. The largest absolute Gasteiger partial charge is 0.451 e. The van der Waals surface area contributed by atoms with Crippen molar-refractivity contribution in [1.29, 1.82) is 0 Å². The van der Waals surface area contributed by atoms with Crippen molar-refractivity contribution in [2.24, 2.45) is 0 Å². The number of nitrogens with one attached hydrogen (secondary N) is 1. The minimum atomic E-state index is -0.941. The molecule has 1 atom stereocenters. The van der Waals surface area contributed by atoms with Gasteiger partial charge in [-0.05, 0) is 49.8 Å². The smallest absolute Gasteiger partial charge is 0.331 e. The second-order valence-corrected chi connectivity index (χ2v) is 7.07. The fourth-order valence-corrected chi connectivity index (χ4v) is 3.09. The third-order valence-corrected chi connectivity index (χ3v) is 4.66. The molecule has 1 N–H and O–H groups in total. The van der Waals surface area contributed by atoms with Gasteiger partial charge in [0.2, 0.25) is 11.7 Å². The molecule has 1 amide bonds. The van der Waals surface area contributed by atoms with Crippen molar-refractivity contribution in [3.05, 3.63) is 78.0 Å². The van der Waals surface area contributed by atoms with Crippen molar-refractivity contribution >= 4 is 40.3 Å². The monoisotopic (exact) mass is 416 g/mol. The average molecular weight is 416 g/mol. The number of Topliss-reactive ketones (excluding diaryl/α,β-unsaturated/α-hetero) is 1. The number of pyridine rings is 1. The number of ketones is 1. The number of esters is 1. The van der Waals surface area contributed by atoms with Gasteiger partial charge in [0.25, 0.3) is 0 Å². The molecule has 6 heteroatoms. The summed E-state index contributed by atoms with van der Waals surface area (Å²) in [5.41, 5.74) is 2.58. The van der Waals surface area contributed by atoms with Crippen LogP contribution in [0.2, 0.25) is 0 Å². The quantitative estimate of drug-likeness (QED) is 0.324. The molecule has 0 saturated heterocycles. The van der Waals surface area contributed by atoms with Crippen LogP contribution < -0.4 is 5.32 Å². The van der Waals surface area contributed by atoms with E-state index in [2.05, 4.69) is 10.3 Å². The van der Waals surface area contributed by atoms with Crippen LogP contribution in [-0.2, 0) is 14.3 Å². The highest BCUT2D eigenvalue weighted by Gasteiger charge is 2.18. The normalized spacial score (nSPS) is 11.9. The molecule has 31 heavy (non-hydrogen) atoms. The van der Waals surface area contributed by atoms with Gasteiger partial charge in [0.05, 0.1) is 5.52 Å². The molecule has 0 radical (unpaired) electrons. The zero-order valence-corrected chi connectivity index (χ0v) is 17.5. The Kier molecular flexibility index (Phi) is 7.27. The van der Waals surface area contributed by atoms with Crippen LogP contribution in [0.25, 0.3) is 17.0 Å². The van der Waals surface area contributed by atoms with E-state index < -0.39 is 12.1 Å². The van der Waals surface area contributed by atoms with Gasteiger partial charge in [-0.2, -0.15) is 0 Å². The molecule has 3 aromatic rings. The Labute approximate surface area is 180 Å². The maximum Gasteiger partial charge on any atom is 0.331 e. The molecule has 0 aliphatic rings. The Bertz CT molecular complexity index is 1110. The van der Waals surface area contributed by atoms with Gasteiger partial charge in [-0.15, -0.1) is 0 Å². The van der Waals surface area contributed by atoms with Crippen LogP contribution in [0.1, 0.15) is 42.6 Å². The molecule has 0 unspecified atom stereocenters. The number of nitrogens with zero attached hydrogens (tertiary/aromatic N) is 1. The zero-order valence-electron chi connectivity index (χ0n) is 17.5. The molecule has 0 bridgehead atoms. The first-order valence-corrected chi connectivity index (χ1v) is 10.1. The summed E-state index contributed by atoms with van der Waals surface area (Å²) in [5, 5.41) is 3.73. The molecule has 0 aliphatic carbocycles. The Morgan fingerprint density at radius 3 is 2.55 bits per heavy atom. The van der Waals surface area contributed by atoms with Gasteiger partial charge in [0, 0.05) is 40.9 Å². The first-order chi connectivity index (χ1) is 15.0. The van der Waals surface area contributed by atoms with Crippen molar-refractivity contribution in [3.63, 3.8) is 0 Å². The summed E-state index contributed by atoms with van der Waals surface area (Å²) in [6.45, 7) is 3.46. The number of fused-ring (bicyclic) bond motifs is 1. The predicted octanol–water partition coefficient (Wildman–Crippen LogP) is 4.80. The van der Waals surface area contributed by atoms with Gasteiger partial charge >= 0.3 is 5.97 Å². The molecule has 0 fully saturated rings. The van der Waals surface area contributed by atoms with E-state index in [1.165, 1.54) is 13.0 Å². The first-order valence-electron chi connectivity index (χ1n) is 10.1. The molecule has 0 saturated carbocycles. The van der Waals surface area contributed by atoms with Crippen molar-refractivity contribution in [2.75, 3.05) is 5.32 Å². The van der Waals surface area contributed by atoms with Crippen LogP contribution >= 0.6 is 0 Å². The van der Waals surface area contributed by atoms with Gasteiger partial charge in [0.1, 0.15) is 0 Å². The fourth-order valence-electron chi connectivity index (χ4n) is 3.09. The third-order valence-electron chi connectivity index (χ3n) is 4.66. The standard InChI is InChI=1S/C25H24N2O4/c1-3-6-22(28)27-21-13-10-20(11-14-21)25(30)17(2)31-23(29)15-12-19-8-4-7-18-9-5-16-26-24(18)19/h4-5,7-17H,3,6H2,1-2H3,(H,27,28)/b15-12+/t17-/m1/s1. The molecule has 1 aromatic heterocycles. The van der Waals surface area contributed by atoms with Crippen molar-refractivity contribution in [3.8, 4) is 0 Å². The SMILES string of the molecule is CCCC(=O)Nc1ccc(C(=O)[C@@H](C)OC(=O)/C=C/c2cccc3cccnc23)cc1. The average Bonchev–Trinajstić information content (AvgIpc) is 2.77. The van der Waals surface area contributed by atoms with E-state index in [1.54, 1.807) is 36.5 Å². The summed E-state index contributed by atoms with van der Waals surface area (Å²) in [7, 11) is 0. The number of amides is 1. The third kappa shape index (κ3) is 5.85. The number of para-hydroxylation sites is 1. The van der Waals surface area contributed by atoms with E-state index in [9.17, 15) is 14.4 Å². The molecule has 1 heterocycles. The Morgan fingerprint density at radius 2 is 1.81 bits per heavy atom. The van der Waals surface area contributed by atoms with E-state index in [-0.39, 0.29) is 11.7 Å². The number of ether oxygens (including phenoxy) is 1. The predicted molar refractivity (Wildman–Crippen MR) is 121 cm³/mol. The molecule has 0 spiro atoms.